The van der Waals surface area contributed by atoms with Crippen molar-refractivity contribution in [3.8, 4) is 6.01 Å². The van der Waals surface area contributed by atoms with E-state index in [0.717, 1.165) is 0 Å². The van der Waals surface area contributed by atoms with Crippen LogP contribution >= 0.6 is 0 Å². The molecule has 3 aliphatic rings. The van der Waals surface area contributed by atoms with Gasteiger partial charge in [0.25, 0.3) is 0 Å². The number of hydrogen-bond acceptors (Lipinski definition) is 8. The molecule has 0 spiro atoms. The number of halogens is 5. The Bertz CT molecular complexity index is 1470. The largest absolute Gasteiger partial charge is 0.462 e. The number of likely N-dealkylation sites (N-methyl/N-ethyl adjacent to an activating group) is 1. The molecular weight excluding hydrogens is 613 g/mol. The Labute approximate surface area is 266 Å². The lowest BCUT2D eigenvalue weighted by atomic mass is 9.90. The van der Waals surface area contributed by atoms with Crippen molar-refractivity contribution in [2.75, 3.05) is 44.7 Å². The van der Waals surface area contributed by atoms with E-state index in [1.165, 1.54) is 19.9 Å². The second-order valence-corrected chi connectivity index (χ2v) is 13.6. The standard InChI is InChI=1S/C32H42F5N5O4/c1-17-10-18(2)27(34)25(26(17)32(35,36)37)24-12-23-22(16-44-24)28(39-29(38-23)45-15-21-11-20(33)14-40(21)7)42-9-8-41(13-19(42)3)30(43)46-31(4,5)6/h10,19-21,24H,8-9,11-16H2,1-7H3/t19-,20+,21-,24?/m0/s1. The number of carbonyl (C=O) groups excluding carboxylic acids is 1. The van der Waals surface area contributed by atoms with Crippen LogP contribution in [0.1, 0.15) is 73.7 Å². The summed E-state index contributed by atoms with van der Waals surface area (Å²) in [5.74, 6) is -0.496. The number of alkyl halides is 4. The monoisotopic (exact) mass is 655 g/mol. The second-order valence-electron chi connectivity index (χ2n) is 13.6. The van der Waals surface area contributed by atoms with Crippen molar-refractivity contribution in [2.45, 2.75) is 97.1 Å². The molecule has 1 aromatic heterocycles. The summed E-state index contributed by atoms with van der Waals surface area (Å²) in [6.07, 6.45) is -7.32. The fraction of sp³-hybridized carbons (Fsp3) is 0.656. The lowest BCUT2D eigenvalue weighted by Gasteiger charge is -2.42. The van der Waals surface area contributed by atoms with Crippen LogP contribution < -0.4 is 9.64 Å². The Morgan fingerprint density at radius 2 is 1.83 bits per heavy atom. The van der Waals surface area contributed by atoms with Gasteiger partial charge in [-0.3, -0.25) is 4.90 Å². The molecule has 4 heterocycles. The van der Waals surface area contributed by atoms with Crippen LogP contribution in [-0.2, 0) is 28.7 Å². The van der Waals surface area contributed by atoms with Gasteiger partial charge >= 0.3 is 18.3 Å². The summed E-state index contributed by atoms with van der Waals surface area (Å²) in [5, 5.41) is 0. The van der Waals surface area contributed by atoms with Gasteiger partial charge in [0.2, 0.25) is 0 Å². The normalized spacial score (nSPS) is 24.3. The second kappa shape index (κ2) is 12.7. The zero-order valence-electron chi connectivity index (χ0n) is 27.3. The van der Waals surface area contributed by atoms with Gasteiger partial charge in [0, 0.05) is 55.8 Å². The van der Waals surface area contributed by atoms with E-state index in [0.29, 0.717) is 43.1 Å². The number of nitrogens with zero attached hydrogens (tertiary/aromatic N) is 5. The highest BCUT2D eigenvalue weighted by Crippen LogP contribution is 2.44. The SMILES string of the molecule is Cc1cc(C)c(C(F)(F)F)c(C2Cc3nc(OC[C@@H]4C[C@@H](F)CN4C)nc(N4CCN(C(=O)OC(C)(C)C)C[C@@H]4C)c3CO2)c1F. The Morgan fingerprint density at radius 1 is 1.11 bits per heavy atom. The van der Waals surface area contributed by atoms with Gasteiger partial charge in [-0.2, -0.15) is 23.1 Å². The molecule has 0 N–H and O–H groups in total. The van der Waals surface area contributed by atoms with Gasteiger partial charge < -0.3 is 24.0 Å². The van der Waals surface area contributed by atoms with Gasteiger partial charge in [-0.25, -0.2) is 13.6 Å². The number of aryl methyl sites for hydroxylation is 2. The zero-order chi connectivity index (χ0) is 33.7. The molecule has 1 aromatic carbocycles. The fourth-order valence-electron chi connectivity index (χ4n) is 6.53. The number of anilines is 1. The molecule has 2 aromatic rings. The third-order valence-corrected chi connectivity index (χ3v) is 8.74. The molecular formula is C32H42F5N5O4. The van der Waals surface area contributed by atoms with E-state index < -0.39 is 47.1 Å². The first-order chi connectivity index (χ1) is 21.4. The average Bonchev–Trinajstić information content (AvgIpc) is 3.27. The minimum Gasteiger partial charge on any atom is -0.462 e. The third kappa shape index (κ3) is 7.17. The van der Waals surface area contributed by atoms with Crippen LogP contribution in [0.2, 0.25) is 0 Å². The van der Waals surface area contributed by atoms with E-state index >= 15 is 4.39 Å². The van der Waals surface area contributed by atoms with E-state index in [1.54, 1.807) is 32.7 Å². The van der Waals surface area contributed by atoms with Crippen LogP contribution in [0.3, 0.4) is 0 Å². The molecule has 9 nitrogen and oxygen atoms in total. The minimum absolute atomic E-state index is 0.0104. The van der Waals surface area contributed by atoms with Crippen LogP contribution in [0, 0.1) is 19.7 Å². The highest BCUT2D eigenvalue weighted by molar-refractivity contribution is 5.69. The number of likely N-dealkylation sites (tertiary alicyclic amines) is 1. The molecule has 0 aliphatic carbocycles. The Hall–Kier alpha value is -3.26. The van der Waals surface area contributed by atoms with Gasteiger partial charge in [0.15, 0.2) is 0 Å². The van der Waals surface area contributed by atoms with Crippen LogP contribution in [-0.4, -0.2) is 89.6 Å². The van der Waals surface area contributed by atoms with Crippen molar-refractivity contribution in [3.63, 3.8) is 0 Å². The molecule has 5 rings (SSSR count). The van der Waals surface area contributed by atoms with Gasteiger partial charge in [-0.1, -0.05) is 6.07 Å². The predicted molar refractivity (Wildman–Crippen MR) is 160 cm³/mol. The van der Waals surface area contributed by atoms with Crippen LogP contribution in [0.15, 0.2) is 6.07 Å². The number of benzene rings is 1. The first-order valence-corrected chi connectivity index (χ1v) is 15.5. The van der Waals surface area contributed by atoms with E-state index in [4.69, 9.17) is 19.2 Å². The fourth-order valence-corrected chi connectivity index (χ4v) is 6.53. The van der Waals surface area contributed by atoms with Gasteiger partial charge in [-0.05, 0) is 66.1 Å². The molecule has 2 saturated heterocycles. The van der Waals surface area contributed by atoms with E-state index in [9.17, 15) is 22.4 Å². The number of aromatic nitrogens is 2. The van der Waals surface area contributed by atoms with Crippen molar-refractivity contribution >= 4 is 11.9 Å². The van der Waals surface area contributed by atoms with Crippen LogP contribution in [0.4, 0.5) is 32.6 Å². The summed E-state index contributed by atoms with van der Waals surface area (Å²) in [7, 11) is 1.80. The highest BCUT2D eigenvalue weighted by Gasteiger charge is 2.42. The summed E-state index contributed by atoms with van der Waals surface area (Å²) >= 11 is 0. The third-order valence-electron chi connectivity index (χ3n) is 8.74. The highest BCUT2D eigenvalue weighted by atomic mass is 19.4. The Kier molecular flexibility index (Phi) is 9.44. The summed E-state index contributed by atoms with van der Waals surface area (Å²) in [6.45, 7) is 11.3. The maximum absolute atomic E-state index is 15.5. The van der Waals surface area contributed by atoms with Crippen molar-refractivity contribution in [1.82, 2.24) is 19.8 Å². The predicted octanol–water partition coefficient (Wildman–Crippen LogP) is 5.93. The summed E-state index contributed by atoms with van der Waals surface area (Å²) in [6, 6.07) is 0.742. The summed E-state index contributed by atoms with van der Waals surface area (Å²) in [5.41, 5.74) is -1.31. The van der Waals surface area contributed by atoms with Crippen LogP contribution in [0.25, 0.3) is 0 Å². The van der Waals surface area contributed by atoms with E-state index in [-0.39, 0.29) is 55.4 Å². The molecule has 4 atom stereocenters. The topological polar surface area (TPSA) is 80.3 Å². The molecule has 3 aliphatic heterocycles. The van der Waals surface area contributed by atoms with Crippen molar-refractivity contribution in [2.24, 2.45) is 0 Å². The molecule has 46 heavy (non-hydrogen) atoms. The maximum Gasteiger partial charge on any atom is 0.417 e. The lowest BCUT2D eigenvalue weighted by molar-refractivity contribution is -0.140. The number of hydrogen-bond donors (Lipinski definition) is 0. The van der Waals surface area contributed by atoms with Crippen LogP contribution in [0.5, 0.6) is 6.01 Å². The minimum atomic E-state index is -4.80. The first-order valence-electron chi connectivity index (χ1n) is 15.5. The first kappa shape index (κ1) is 34.1. The van der Waals surface area contributed by atoms with Crippen molar-refractivity contribution in [1.29, 1.82) is 0 Å². The summed E-state index contributed by atoms with van der Waals surface area (Å²) < 4.78 is 89.7. The van der Waals surface area contributed by atoms with Gasteiger partial charge in [-0.15, -0.1) is 0 Å². The molecule has 0 saturated carbocycles. The maximum atomic E-state index is 15.5. The quantitative estimate of drug-likeness (QED) is 0.367. The number of piperazine rings is 1. The number of rotatable bonds is 5. The molecule has 1 amide bonds. The van der Waals surface area contributed by atoms with Crippen molar-refractivity contribution in [3.05, 3.63) is 45.4 Å². The Balaban J connectivity index is 1.48. The molecule has 254 valence electrons. The number of ether oxygens (including phenoxy) is 3. The molecule has 1 unspecified atom stereocenters. The van der Waals surface area contributed by atoms with Gasteiger partial charge in [0.1, 0.15) is 30.0 Å². The van der Waals surface area contributed by atoms with Gasteiger partial charge in [0.05, 0.1) is 24.0 Å². The molecule has 14 heteroatoms. The number of carbonyl (C=O) groups is 1. The smallest absolute Gasteiger partial charge is 0.417 e. The van der Waals surface area contributed by atoms with Crippen molar-refractivity contribution < 1.29 is 41.0 Å². The average molecular weight is 656 g/mol. The Morgan fingerprint density at radius 3 is 2.43 bits per heavy atom. The zero-order valence-corrected chi connectivity index (χ0v) is 27.3. The summed E-state index contributed by atoms with van der Waals surface area (Å²) in [4.78, 5) is 27.5. The number of amides is 1. The van der Waals surface area contributed by atoms with E-state index in [1.807, 2.05) is 16.7 Å². The number of fused-ring (bicyclic) bond motifs is 1. The molecule has 0 bridgehead atoms. The van der Waals surface area contributed by atoms with E-state index in [2.05, 4.69) is 4.98 Å². The molecule has 2 fully saturated rings. The lowest BCUT2D eigenvalue weighted by Crippen LogP contribution is -2.55. The molecule has 0 radical (unpaired) electrons.